The number of likely N-dealkylation sites (tertiary alicyclic amines) is 1. The number of carbonyl (C=O) groups excluding carboxylic acids is 1. The summed E-state index contributed by atoms with van der Waals surface area (Å²) in [5.41, 5.74) is 0. The highest BCUT2D eigenvalue weighted by molar-refractivity contribution is 7.74. The van der Waals surface area contributed by atoms with E-state index in [1.807, 2.05) is 7.05 Å². The lowest BCUT2D eigenvalue weighted by Crippen LogP contribution is -2.34. The summed E-state index contributed by atoms with van der Waals surface area (Å²) in [7, 11) is 1.97. The first-order chi connectivity index (χ1) is 6.09. The third-order valence-corrected chi connectivity index (χ3v) is 2.50. The van der Waals surface area contributed by atoms with Crippen LogP contribution in [0.2, 0.25) is 0 Å². The summed E-state index contributed by atoms with van der Waals surface area (Å²) < 4.78 is 24.2. The maximum absolute atomic E-state index is 11.1. The molecule has 1 atom stereocenters. The van der Waals surface area contributed by atoms with Crippen LogP contribution in [0, 0.1) is 5.92 Å². The Morgan fingerprint density at radius 1 is 1.54 bits per heavy atom. The summed E-state index contributed by atoms with van der Waals surface area (Å²) in [4.78, 5) is 13.2. The van der Waals surface area contributed by atoms with E-state index in [4.69, 9.17) is 0 Å². The fourth-order valence-corrected chi connectivity index (χ4v) is 1.65. The average molecular weight is 206 g/mol. The fraction of sp³-hybridized carbons (Fsp3) is 0.857. The summed E-state index contributed by atoms with van der Waals surface area (Å²) in [5.74, 6) is -0.879. The molecule has 0 N–H and O–H groups in total. The average Bonchev–Trinajstić information content (AvgIpc) is 2.04. The summed E-state index contributed by atoms with van der Waals surface area (Å²) in [6.45, 7) is 1.62. The first-order valence-corrected chi connectivity index (χ1v) is 5.09. The van der Waals surface area contributed by atoms with E-state index in [9.17, 15) is 13.6 Å². The van der Waals surface area contributed by atoms with Gasteiger partial charge in [-0.15, -0.1) is 0 Å². The van der Waals surface area contributed by atoms with E-state index in [2.05, 4.69) is 9.08 Å². The lowest BCUT2D eigenvalue weighted by Gasteiger charge is -2.27. The minimum atomic E-state index is -2.72. The molecule has 0 bridgehead atoms. The van der Waals surface area contributed by atoms with Gasteiger partial charge in [-0.3, -0.25) is 4.79 Å². The monoisotopic (exact) mass is 206 g/mol. The van der Waals surface area contributed by atoms with Crippen molar-refractivity contribution in [2.45, 2.75) is 12.8 Å². The van der Waals surface area contributed by atoms with Gasteiger partial charge < -0.3 is 13.6 Å². The summed E-state index contributed by atoms with van der Waals surface area (Å²) in [6, 6.07) is 0. The quantitative estimate of drug-likeness (QED) is 0.578. The predicted octanol–water partition coefficient (Wildman–Crippen LogP) is -0.334. The maximum Gasteiger partial charge on any atom is 0.322 e. The van der Waals surface area contributed by atoms with Crippen LogP contribution in [0.1, 0.15) is 12.8 Å². The summed E-state index contributed by atoms with van der Waals surface area (Å²) in [5, 5.41) is 0. The van der Waals surface area contributed by atoms with Gasteiger partial charge in [0.25, 0.3) is 0 Å². The van der Waals surface area contributed by atoms with Crippen molar-refractivity contribution < 1.29 is 17.7 Å². The van der Waals surface area contributed by atoms with Crippen molar-refractivity contribution in [1.29, 1.82) is 0 Å². The number of hydrogen-bond donors (Lipinski definition) is 0. The van der Waals surface area contributed by atoms with Crippen molar-refractivity contribution in [3.63, 3.8) is 0 Å². The second-order valence-electron chi connectivity index (χ2n) is 3.18. The lowest BCUT2D eigenvalue weighted by atomic mass is 9.98. The maximum atomic E-state index is 11.1. The van der Waals surface area contributed by atoms with E-state index in [1.54, 1.807) is 0 Å². The van der Waals surface area contributed by atoms with Crippen LogP contribution < -0.4 is 0 Å². The largest absolute Gasteiger partial charge is 0.740 e. The van der Waals surface area contributed by atoms with E-state index < -0.39 is 17.3 Å². The third-order valence-electron chi connectivity index (χ3n) is 2.20. The minimum Gasteiger partial charge on any atom is -0.740 e. The van der Waals surface area contributed by atoms with Crippen molar-refractivity contribution in [2.24, 2.45) is 5.92 Å². The Hall–Kier alpha value is -0.460. The van der Waals surface area contributed by atoms with Gasteiger partial charge in [0, 0.05) is 0 Å². The van der Waals surface area contributed by atoms with Crippen LogP contribution in [0.25, 0.3) is 0 Å². The molecular weight excluding hydrogens is 194 g/mol. The second-order valence-corrected chi connectivity index (χ2v) is 3.76. The highest BCUT2D eigenvalue weighted by Crippen LogP contribution is 2.17. The molecule has 1 aliphatic heterocycles. The van der Waals surface area contributed by atoms with Crippen LogP contribution in [-0.4, -0.2) is 39.8 Å². The van der Waals surface area contributed by atoms with Crippen molar-refractivity contribution in [1.82, 2.24) is 4.90 Å². The van der Waals surface area contributed by atoms with E-state index in [1.165, 1.54) is 0 Å². The molecule has 0 amide bonds. The van der Waals surface area contributed by atoms with Crippen molar-refractivity contribution in [3.05, 3.63) is 0 Å². The SMILES string of the molecule is CN1CCC(C(=O)OS(=O)[O-])CC1. The lowest BCUT2D eigenvalue weighted by molar-refractivity contribution is -0.139. The highest BCUT2D eigenvalue weighted by Gasteiger charge is 2.24. The zero-order chi connectivity index (χ0) is 9.84. The molecule has 0 spiro atoms. The number of nitrogens with zero attached hydrogens (tertiary/aromatic N) is 1. The molecule has 5 nitrogen and oxygen atoms in total. The van der Waals surface area contributed by atoms with Gasteiger partial charge in [0.15, 0.2) is 0 Å². The Labute approximate surface area is 79.5 Å². The van der Waals surface area contributed by atoms with Gasteiger partial charge in [-0.05, 0) is 33.0 Å². The zero-order valence-electron chi connectivity index (χ0n) is 7.39. The number of hydrogen-bond acceptors (Lipinski definition) is 5. The van der Waals surface area contributed by atoms with Crippen LogP contribution in [0.15, 0.2) is 0 Å². The molecule has 6 heteroatoms. The molecular formula is C7H12NO4S-. The van der Waals surface area contributed by atoms with Crippen LogP contribution in [-0.2, 0) is 20.3 Å². The molecule has 1 unspecified atom stereocenters. The van der Waals surface area contributed by atoms with Gasteiger partial charge in [0.05, 0.1) is 5.92 Å². The fourth-order valence-electron chi connectivity index (χ4n) is 1.38. The van der Waals surface area contributed by atoms with Gasteiger partial charge in [-0.2, -0.15) is 0 Å². The first-order valence-electron chi connectivity index (χ1n) is 4.09. The number of rotatable bonds is 2. The number of piperidine rings is 1. The number of carbonyl (C=O) groups is 1. The highest BCUT2D eigenvalue weighted by atomic mass is 32.2. The van der Waals surface area contributed by atoms with Crippen molar-refractivity contribution in [2.75, 3.05) is 20.1 Å². The van der Waals surface area contributed by atoms with Crippen molar-refractivity contribution in [3.8, 4) is 0 Å². The van der Waals surface area contributed by atoms with Gasteiger partial charge in [0.1, 0.15) is 11.4 Å². The van der Waals surface area contributed by atoms with Crippen LogP contribution >= 0.6 is 0 Å². The Morgan fingerprint density at radius 2 is 2.08 bits per heavy atom. The van der Waals surface area contributed by atoms with E-state index in [0.717, 1.165) is 13.1 Å². The van der Waals surface area contributed by atoms with Crippen LogP contribution in [0.4, 0.5) is 0 Å². The molecule has 1 heterocycles. The third kappa shape index (κ3) is 3.41. The zero-order valence-corrected chi connectivity index (χ0v) is 8.21. The predicted molar refractivity (Wildman–Crippen MR) is 45.2 cm³/mol. The first kappa shape index (κ1) is 10.6. The molecule has 0 aromatic carbocycles. The molecule has 76 valence electrons. The Morgan fingerprint density at radius 3 is 2.54 bits per heavy atom. The molecule has 1 aliphatic rings. The second kappa shape index (κ2) is 4.69. The van der Waals surface area contributed by atoms with E-state index in [0.29, 0.717) is 12.8 Å². The molecule has 0 aromatic heterocycles. The molecule has 0 aromatic rings. The molecule has 1 rings (SSSR count). The van der Waals surface area contributed by atoms with E-state index >= 15 is 0 Å². The molecule has 0 radical (unpaired) electrons. The van der Waals surface area contributed by atoms with Crippen molar-refractivity contribution >= 4 is 17.3 Å². The van der Waals surface area contributed by atoms with Crippen LogP contribution in [0.5, 0.6) is 0 Å². The standard InChI is InChI=1S/C7H13NO4S/c1-8-4-2-6(3-5-8)7(9)12-13(10)11/h6H,2-5H2,1H3,(H,10,11)/p-1. The molecule has 13 heavy (non-hydrogen) atoms. The Bertz CT molecular complexity index is 213. The smallest absolute Gasteiger partial charge is 0.322 e. The molecule has 0 saturated carbocycles. The molecule has 0 aliphatic carbocycles. The Kier molecular flexibility index (Phi) is 3.83. The normalized spacial score (nSPS) is 22.6. The molecule has 1 saturated heterocycles. The minimum absolute atomic E-state index is 0.255. The summed E-state index contributed by atoms with van der Waals surface area (Å²) in [6.07, 6.45) is 1.35. The Balaban J connectivity index is 2.36. The van der Waals surface area contributed by atoms with Gasteiger partial charge in [-0.25, -0.2) is 4.21 Å². The summed E-state index contributed by atoms with van der Waals surface area (Å²) >= 11 is -2.72. The topological polar surface area (TPSA) is 69.7 Å². The van der Waals surface area contributed by atoms with Gasteiger partial charge >= 0.3 is 5.97 Å². The molecule has 1 fully saturated rings. The van der Waals surface area contributed by atoms with Crippen LogP contribution in [0.3, 0.4) is 0 Å². The van der Waals surface area contributed by atoms with E-state index in [-0.39, 0.29) is 5.92 Å². The van der Waals surface area contributed by atoms with Gasteiger partial charge in [0.2, 0.25) is 0 Å². The van der Waals surface area contributed by atoms with Gasteiger partial charge in [-0.1, -0.05) is 0 Å².